The molecule has 190 valence electrons. The summed E-state index contributed by atoms with van der Waals surface area (Å²) in [6, 6.07) is 13.8. The molecule has 0 spiro atoms. The number of carbonyl (C=O) groups excluding carboxylic acids is 1. The van der Waals surface area contributed by atoms with Gasteiger partial charge in [0.05, 0.1) is 16.4 Å². The second-order valence-electron chi connectivity index (χ2n) is 9.30. The van der Waals surface area contributed by atoms with Crippen molar-refractivity contribution in [2.45, 2.75) is 38.4 Å². The molecule has 1 aliphatic carbocycles. The molecular formula is C26H26ClF3N4OS. The van der Waals surface area contributed by atoms with Gasteiger partial charge in [0.1, 0.15) is 5.00 Å². The topological polar surface area (TPSA) is 57.3 Å². The van der Waals surface area contributed by atoms with Crippen LogP contribution in [0.3, 0.4) is 0 Å². The minimum atomic E-state index is -4.87. The molecule has 1 amide bonds. The molecule has 1 saturated carbocycles. The average Bonchev–Trinajstić information content (AvgIpc) is 3.61. The van der Waals surface area contributed by atoms with Gasteiger partial charge in [0.25, 0.3) is 0 Å². The van der Waals surface area contributed by atoms with E-state index in [0.717, 1.165) is 50.3 Å². The van der Waals surface area contributed by atoms with Crippen LogP contribution in [-0.4, -0.2) is 41.0 Å². The van der Waals surface area contributed by atoms with Crippen molar-refractivity contribution >= 4 is 39.7 Å². The molecule has 1 fully saturated rings. The summed E-state index contributed by atoms with van der Waals surface area (Å²) in [6.45, 7) is 1.55. The van der Waals surface area contributed by atoms with E-state index in [0.29, 0.717) is 30.1 Å². The number of nitrogens with one attached hydrogen (secondary N) is 2. The van der Waals surface area contributed by atoms with Gasteiger partial charge in [-0.05, 0) is 65.9 Å². The van der Waals surface area contributed by atoms with E-state index in [-0.39, 0.29) is 13.1 Å². The van der Waals surface area contributed by atoms with E-state index < -0.39 is 12.1 Å². The SMILES string of the molecule is O=C(N1CCc2ccc(Cl)c(NCc3ccc(-c4cc(NCC5CC5)sn4)cc3)c2CC1)C(F)(F)F. The molecule has 5 nitrogen and oxygen atoms in total. The van der Waals surface area contributed by atoms with E-state index in [9.17, 15) is 18.0 Å². The van der Waals surface area contributed by atoms with Crippen molar-refractivity contribution in [3.63, 3.8) is 0 Å². The van der Waals surface area contributed by atoms with Crippen LogP contribution in [-0.2, 0) is 24.2 Å². The van der Waals surface area contributed by atoms with Gasteiger partial charge < -0.3 is 15.5 Å². The number of rotatable bonds is 7. The number of hydrogen-bond acceptors (Lipinski definition) is 5. The Morgan fingerprint density at radius 3 is 2.56 bits per heavy atom. The molecule has 2 N–H and O–H groups in total. The van der Waals surface area contributed by atoms with E-state index in [2.05, 4.69) is 21.1 Å². The summed E-state index contributed by atoms with van der Waals surface area (Å²) in [4.78, 5) is 12.6. The Labute approximate surface area is 216 Å². The number of halogens is 4. The monoisotopic (exact) mass is 534 g/mol. The molecule has 2 heterocycles. The third-order valence-electron chi connectivity index (χ3n) is 6.66. The van der Waals surface area contributed by atoms with E-state index in [1.54, 1.807) is 6.07 Å². The fourth-order valence-corrected chi connectivity index (χ4v) is 5.33. The largest absolute Gasteiger partial charge is 0.471 e. The molecule has 2 aliphatic rings. The van der Waals surface area contributed by atoms with Crippen molar-refractivity contribution in [2.24, 2.45) is 5.92 Å². The number of nitrogens with zero attached hydrogens (tertiary/aromatic N) is 2. The standard InChI is InChI=1S/C26H26ClF3N4OS/c27-21-8-7-18-9-11-34(25(35)26(28,29)30)12-10-20(18)24(21)32-15-17-3-5-19(6-4-17)22-13-23(36-33-22)31-14-16-1-2-16/h3-8,13,16,31-32H,1-2,9-12,14-15H2. The van der Waals surface area contributed by atoms with Crippen molar-refractivity contribution in [2.75, 3.05) is 30.3 Å². The van der Waals surface area contributed by atoms with Crippen LogP contribution in [0.4, 0.5) is 23.9 Å². The van der Waals surface area contributed by atoms with Crippen molar-refractivity contribution < 1.29 is 18.0 Å². The van der Waals surface area contributed by atoms with Crippen molar-refractivity contribution in [3.8, 4) is 11.3 Å². The first-order chi connectivity index (χ1) is 17.3. The molecule has 5 rings (SSSR count). The number of carbonyl (C=O) groups is 1. The third kappa shape index (κ3) is 5.78. The van der Waals surface area contributed by atoms with Crippen molar-refractivity contribution in [1.82, 2.24) is 9.27 Å². The minimum absolute atomic E-state index is 0.000204. The fourth-order valence-electron chi connectivity index (χ4n) is 4.41. The van der Waals surface area contributed by atoms with Gasteiger partial charge in [-0.2, -0.15) is 17.5 Å². The summed E-state index contributed by atoms with van der Waals surface area (Å²) in [6.07, 6.45) is -1.60. The zero-order chi connectivity index (χ0) is 25.3. The van der Waals surface area contributed by atoms with Gasteiger partial charge in [0.2, 0.25) is 0 Å². The van der Waals surface area contributed by atoms with Gasteiger partial charge in [-0.1, -0.05) is 41.9 Å². The van der Waals surface area contributed by atoms with Crippen molar-refractivity contribution in [3.05, 3.63) is 64.2 Å². The van der Waals surface area contributed by atoms with Gasteiger partial charge in [0.15, 0.2) is 0 Å². The first-order valence-corrected chi connectivity index (χ1v) is 13.1. The second-order valence-corrected chi connectivity index (χ2v) is 10.5. The van der Waals surface area contributed by atoms with Crippen LogP contribution >= 0.6 is 23.1 Å². The molecule has 0 bridgehead atoms. The maximum absolute atomic E-state index is 12.9. The van der Waals surface area contributed by atoms with Gasteiger partial charge in [-0.3, -0.25) is 4.79 Å². The lowest BCUT2D eigenvalue weighted by Crippen LogP contribution is -2.42. The number of hydrogen-bond donors (Lipinski definition) is 2. The number of fused-ring (bicyclic) bond motifs is 1. The van der Waals surface area contributed by atoms with Crippen LogP contribution in [0.1, 0.15) is 29.5 Å². The highest BCUT2D eigenvalue weighted by Gasteiger charge is 2.42. The molecular weight excluding hydrogens is 509 g/mol. The first kappa shape index (κ1) is 24.9. The lowest BCUT2D eigenvalue weighted by molar-refractivity contribution is -0.185. The third-order valence-corrected chi connectivity index (χ3v) is 7.72. The van der Waals surface area contributed by atoms with Crippen LogP contribution in [0.25, 0.3) is 11.3 Å². The Kier molecular flexibility index (Phi) is 7.12. The highest BCUT2D eigenvalue weighted by atomic mass is 35.5. The summed E-state index contributed by atoms with van der Waals surface area (Å²) >= 11 is 7.94. The molecule has 0 atom stereocenters. The van der Waals surface area contributed by atoms with Crippen LogP contribution in [0.2, 0.25) is 5.02 Å². The highest BCUT2D eigenvalue weighted by molar-refractivity contribution is 7.10. The molecule has 10 heteroatoms. The van der Waals surface area contributed by atoms with Crippen LogP contribution in [0.5, 0.6) is 0 Å². The molecule has 0 unspecified atom stereocenters. The average molecular weight is 535 g/mol. The predicted octanol–water partition coefficient (Wildman–Crippen LogP) is 6.39. The Morgan fingerprint density at radius 2 is 1.83 bits per heavy atom. The molecule has 1 aromatic heterocycles. The summed E-state index contributed by atoms with van der Waals surface area (Å²) in [5, 5.41) is 8.42. The zero-order valence-electron chi connectivity index (χ0n) is 19.5. The highest BCUT2D eigenvalue weighted by Crippen LogP contribution is 2.34. The van der Waals surface area contributed by atoms with Gasteiger partial charge in [0, 0.05) is 37.8 Å². The smallest absolute Gasteiger partial charge is 0.380 e. The summed E-state index contributed by atoms with van der Waals surface area (Å²) in [5.74, 6) is -0.987. The molecule has 36 heavy (non-hydrogen) atoms. The number of benzene rings is 2. The van der Waals surface area contributed by atoms with Crippen LogP contribution < -0.4 is 10.6 Å². The predicted molar refractivity (Wildman–Crippen MR) is 138 cm³/mol. The number of amides is 1. The van der Waals surface area contributed by atoms with Gasteiger partial charge >= 0.3 is 12.1 Å². The normalized spacial score (nSPS) is 15.8. The molecule has 3 aromatic rings. The summed E-state index contributed by atoms with van der Waals surface area (Å²) < 4.78 is 43.3. The van der Waals surface area contributed by atoms with E-state index in [1.807, 2.05) is 30.3 Å². The van der Waals surface area contributed by atoms with Gasteiger partial charge in [-0.25, -0.2) is 0 Å². The molecule has 1 aliphatic heterocycles. The Balaban J connectivity index is 1.24. The Bertz CT molecular complexity index is 1240. The second kappa shape index (κ2) is 10.3. The quantitative estimate of drug-likeness (QED) is 0.369. The van der Waals surface area contributed by atoms with Crippen LogP contribution in [0.15, 0.2) is 42.5 Å². The molecule has 0 radical (unpaired) electrons. The maximum Gasteiger partial charge on any atom is 0.471 e. The number of anilines is 2. The van der Waals surface area contributed by atoms with Gasteiger partial charge in [-0.15, -0.1) is 0 Å². The molecule has 0 saturated heterocycles. The van der Waals surface area contributed by atoms with E-state index in [1.165, 1.54) is 24.4 Å². The minimum Gasteiger partial charge on any atom is -0.380 e. The summed E-state index contributed by atoms with van der Waals surface area (Å²) in [5.41, 5.74) is 5.50. The van der Waals surface area contributed by atoms with E-state index in [4.69, 9.17) is 11.6 Å². The lowest BCUT2D eigenvalue weighted by Gasteiger charge is -2.21. The Morgan fingerprint density at radius 1 is 1.08 bits per heavy atom. The Hall–Kier alpha value is -2.78. The first-order valence-electron chi connectivity index (χ1n) is 12.0. The molecule has 2 aromatic carbocycles. The zero-order valence-corrected chi connectivity index (χ0v) is 21.1. The van der Waals surface area contributed by atoms with E-state index >= 15 is 0 Å². The number of alkyl halides is 3. The summed E-state index contributed by atoms with van der Waals surface area (Å²) in [7, 11) is 0. The van der Waals surface area contributed by atoms with Crippen LogP contribution in [0, 0.1) is 5.92 Å². The number of aromatic nitrogens is 1. The maximum atomic E-state index is 12.9. The lowest BCUT2D eigenvalue weighted by atomic mass is 10.0. The fraction of sp³-hybridized carbons (Fsp3) is 0.385. The van der Waals surface area contributed by atoms with Crippen molar-refractivity contribution in [1.29, 1.82) is 0 Å².